The Morgan fingerprint density at radius 1 is 1.10 bits per heavy atom. The van der Waals surface area contributed by atoms with Crippen molar-refractivity contribution < 1.29 is 18.3 Å². The second-order valence-electron chi connectivity index (χ2n) is 5.79. The lowest BCUT2D eigenvalue weighted by atomic mass is 9.83. The molecule has 110 valence electrons. The van der Waals surface area contributed by atoms with Crippen LogP contribution in [0.2, 0.25) is 0 Å². The third-order valence-electron chi connectivity index (χ3n) is 4.19. The summed E-state index contributed by atoms with van der Waals surface area (Å²) < 4.78 is 38.8. The Kier molecular flexibility index (Phi) is 3.12. The van der Waals surface area contributed by atoms with Crippen LogP contribution in [0.4, 0.5) is 8.78 Å². The summed E-state index contributed by atoms with van der Waals surface area (Å²) in [6, 6.07) is 3.06. The van der Waals surface area contributed by atoms with Gasteiger partial charge in [0.05, 0.1) is 0 Å². The third-order valence-corrected chi connectivity index (χ3v) is 4.19. The van der Waals surface area contributed by atoms with Crippen LogP contribution in [0.15, 0.2) is 12.1 Å². The predicted molar refractivity (Wildman–Crippen MR) is 71.3 cm³/mol. The molecule has 1 fully saturated rings. The number of ether oxygens (including phenoxy) is 2. The molecule has 1 aromatic rings. The monoisotopic (exact) mass is 283 g/mol. The SMILES string of the molecule is CC(F)(F)c1cc2c(cc1C1(N)CCCC1)OCCO2. The van der Waals surface area contributed by atoms with E-state index < -0.39 is 11.5 Å². The van der Waals surface area contributed by atoms with E-state index in [4.69, 9.17) is 15.2 Å². The molecule has 0 spiro atoms. The summed E-state index contributed by atoms with van der Waals surface area (Å²) in [4.78, 5) is 0. The fourth-order valence-electron chi connectivity index (χ4n) is 3.14. The van der Waals surface area contributed by atoms with Crippen LogP contribution in [-0.2, 0) is 11.5 Å². The molecular weight excluding hydrogens is 264 g/mol. The zero-order valence-electron chi connectivity index (χ0n) is 11.5. The normalized spacial score (nSPS) is 21.0. The van der Waals surface area contributed by atoms with E-state index in [-0.39, 0.29) is 5.56 Å². The molecular formula is C15H19F2NO2. The van der Waals surface area contributed by atoms with Crippen LogP contribution in [0.25, 0.3) is 0 Å². The van der Waals surface area contributed by atoms with Crippen molar-refractivity contribution in [2.45, 2.75) is 44.1 Å². The summed E-state index contributed by atoms with van der Waals surface area (Å²) in [6.07, 6.45) is 3.41. The summed E-state index contributed by atoms with van der Waals surface area (Å²) in [5, 5.41) is 0. The molecule has 0 bridgehead atoms. The molecule has 1 aromatic carbocycles. The summed E-state index contributed by atoms with van der Waals surface area (Å²) in [5.41, 5.74) is 6.18. The van der Waals surface area contributed by atoms with Crippen molar-refractivity contribution in [1.29, 1.82) is 0 Å². The highest BCUT2D eigenvalue weighted by molar-refractivity contribution is 5.52. The highest BCUT2D eigenvalue weighted by Crippen LogP contribution is 2.46. The number of alkyl halides is 2. The minimum absolute atomic E-state index is 0.0360. The molecule has 0 saturated heterocycles. The lowest BCUT2D eigenvalue weighted by Gasteiger charge is -2.31. The number of hydrogen-bond acceptors (Lipinski definition) is 3. The average molecular weight is 283 g/mol. The van der Waals surface area contributed by atoms with Crippen molar-refractivity contribution >= 4 is 0 Å². The zero-order chi connectivity index (χ0) is 14.4. The first kappa shape index (κ1) is 13.6. The van der Waals surface area contributed by atoms with E-state index in [0.29, 0.717) is 30.3 Å². The van der Waals surface area contributed by atoms with Gasteiger partial charge in [0.1, 0.15) is 13.2 Å². The van der Waals surface area contributed by atoms with E-state index >= 15 is 0 Å². The molecule has 1 saturated carbocycles. The van der Waals surface area contributed by atoms with Crippen LogP contribution >= 0.6 is 0 Å². The standard InChI is InChI=1S/C15H19F2NO2/c1-14(16,17)10-8-12-13(20-7-6-19-12)9-11(10)15(18)4-2-3-5-15/h8-9H,2-7,18H2,1H3. The number of fused-ring (bicyclic) bond motifs is 1. The van der Waals surface area contributed by atoms with Gasteiger partial charge >= 0.3 is 0 Å². The van der Waals surface area contributed by atoms with E-state index in [1.165, 1.54) is 6.07 Å². The quantitative estimate of drug-likeness (QED) is 0.905. The Balaban J connectivity index is 2.15. The van der Waals surface area contributed by atoms with Gasteiger partial charge in [-0.2, -0.15) is 0 Å². The molecule has 2 N–H and O–H groups in total. The third kappa shape index (κ3) is 2.24. The Morgan fingerprint density at radius 3 is 2.20 bits per heavy atom. The van der Waals surface area contributed by atoms with Crippen LogP contribution in [0, 0.1) is 0 Å². The fourth-order valence-corrected chi connectivity index (χ4v) is 3.14. The fraction of sp³-hybridized carbons (Fsp3) is 0.600. The van der Waals surface area contributed by atoms with Crippen molar-refractivity contribution in [3.05, 3.63) is 23.3 Å². The van der Waals surface area contributed by atoms with E-state index in [0.717, 1.165) is 32.6 Å². The van der Waals surface area contributed by atoms with Crippen LogP contribution in [0.5, 0.6) is 11.5 Å². The number of rotatable bonds is 2. The number of benzene rings is 1. The molecule has 0 atom stereocenters. The smallest absolute Gasteiger partial charge is 0.270 e. The van der Waals surface area contributed by atoms with Crippen molar-refractivity contribution in [3.8, 4) is 11.5 Å². The summed E-state index contributed by atoms with van der Waals surface area (Å²) >= 11 is 0. The highest BCUT2D eigenvalue weighted by Gasteiger charge is 2.40. The van der Waals surface area contributed by atoms with Gasteiger partial charge in [-0.25, -0.2) is 8.78 Å². The second-order valence-corrected chi connectivity index (χ2v) is 5.79. The van der Waals surface area contributed by atoms with Crippen molar-refractivity contribution in [3.63, 3.8) is 0 Å². The molecule has 1 aliphatic carbocycles. The van der Waals surface area contributed by atoms with E-state index in [2.05, 4.69) is 0 Å². The van der Waals surface area contributed by atoms with E-state index in [1.54, 1.807) is 6.07 Å². The van der Waals surface area contributed by atoms with Crippen LogP contribution in [0.1, 0.15) is 43.7 Å². The molecule has 0 radical (unpaired) electrons. The first-order valence-electron chi connectivity index (χ1n) is 7.01. The summed E-state index contributed by atoms with van der Waals surface area (Å²) in [5.74, 6) is -2.03. The maximum Gasteiger partial charge on any atom is 0.270 e. The van der Waals surface area contributed by atoms with Gasteiger partial charge in [-0.15, -0.1) is 0 Å². The minimum Gasteiger partial charge on any atom is -0.486 e. The van der Waals surface area contributed by atoms with Gasteiger partial charge in [0, 0.05) is 18.0 Å². The van der Waals surface area contributed by atoms with Gasteiger partial charge < -0.3 is 15.2 Å². The van der Waals surface area contributed by atoms with Gasteiger partial charge in [-0.05, 0) is 30.5 Å². The molecule has 0 aromatic heterocycles. The molecule has 3 rings (SSSR count). The Hall–Kier alpha value is -1.36. The molecule has 5 heteroatoms. The number of halogens is 2. The van der Waals surface area contributed by atoms with Gasteiger partial charge in [-0.1, -0.05) is 12.8 Å². The van der Waals surface area contributed by atoms with E-state index in [1.807, 2.05) is 0 Å². The number of nitrogens with two attached hydrogens (primary N) is 1. The average Bonchev–Trinajstić information content (AvgIpc) is 2.84. The molecule has 0 unspecified atom stereocenters. The maximum atomic E-state index is 14.0. The molecule has 1 aliphatic heterocycles. The highest BCUT2D eigenvalue weighted by atomic mass is 19.3. The first-order chi connectivity index (χ1) is 9.40. The van der Waals surface area contributed by atoms with Crippen molar-refractivity contribution in [1.82, 2.24) is 0 Å². The Morgan fingerprint density at radius 2 is 1.65 bits per heavy atom. The van der Waals surface area contributed by atoms with Crippen LogP contribution in [-0.4, -0.2) is 13.2 Å². The van der Waals surface area contributed by atoms with Crippen LogP contribution < -0.4 is 15.2 Å². The predicted octanol–water partition coefficient (Wildman–Crippen LogP) is 3.30. The summed E-state index contributed by atoms with van der Waals surface area (Å²) in [7, 11) is 0. The van der Waals surface area contributed by atoms with E-state index in [9.17, 15) is 8.78 Å². The minimum atomic E-state index is -2.94. The molecule has 0 amide bonds. The van der Waals surface area contributed by atoms with Gasteiger partial charge in [-0.3, -0.25) is 0 Å². The second kappa shape index (κ2) is 4.58. The van der Waals surface area contributed by atoms with Crippen LogP contribution in [0.3, 0.4) is 0 Å². The van der Waals surface area contributed by atoms with Crippen molar-refractivity contribution in [2.24, 2.45) is 5.73 Å². The molecule has 3 nitrogen and oxygen atoms in total. The maximum absolute atomic E-state index is 14.0. The van der Waals surface area contributed by atoms with Gasteiger partial charge in [0.25, 0.3) is 5.92 Å². The number of hydrogen-bond donors (Lipinski definition) is 1. The zero-order valence-corrected chi connectivity index (χ0v) is 11.5. The van der Waals surface area contributed by atoms with Gasteiger partial charge in [0.15, 0.2) is 11.5 Å². The van der Waals surface area contributed by atoms with Crippen molar-refractivity contribution in [2.75, 3.05) is 13.2 Å². The topological polar surface area (TPSA) is 44.5 Å². The largest absolute Gasteiger partial charge is 0.486 e. The first-order valence-corrected chi connectivity index (χ1v) is 7.01. The summed E-state index contributed by atoms with van der Waals surface area (Å²) in [6.45, 7) is 1.72. The Bertz CT molecular complexity index is 519. The molecule has 1 heterocycles. The lowest BCUT2D eigenvalue weighted by molar-refractivity contribution is 0.0147. The van der Waals surface area contributed by atoms with Gasteiger partial charge in [0.2, 0.25) is 0 Å². The Labute approximate surface area is 117 Å². The molecule has 2 aliphatic rings. The lowest BCUT2D eigenvalue weighted by Crippen LogP contribution is -2.36. The molecule has 20 heavy (non-hydrogen) atoms.